The van der Waals surface area contributed by atoms with Crippen LogP contribution in [0.5, 0.6) is 17.4 Å². The number of hydrogen-bond acceptors (Lipinski definition) is 27. The summed E-state index contributed by atoms with van der Waals surface area (Å²) in [5, 5.41) is 74.2. The van der Waals surface area contributed by atoms with Crippen LogP contribution in [-0.2, 0) is 60.7 Å². The standard InChI is InChI=1S/C41H27ClN12O23S6/c42-24-11-17(12-32(81(69,70)71)36(24)51-50-29-16-44-53(41(29)57)18-1-4-20(5-2-18)78(60,61)62)45-52-37-33(82(72,73)74)14-23-21(38(37)55)6-10-27(40(23)83(75,76)77)48-49-28-15-30(79(63,64)65)22-7-9-26(39(56)34(22)35(28)43)47-46-25-8-3-19(54(58)59)13-31(25)80(66,67)68/h1-16,55-57H,43H2,(H,60,61,62)(H,63,64,65)(H,66,67,68)(H,69,70,71)(H,72,73,74)(H,75,76,77)/b47-46+,49-48+,51-50+,52-45+. The summed E-state index contributed by atoms with van der Waals surface area (Å²) in [4.78, 5) is 3.57. The summed E-state index contributed by atoms with van der Waals surface area (Å²) in [6.07, 6.45) is 0.909. The Morgan fingerprint density at radius 3 is 1.61 bits per heavy atom. The quantitative estimate of drug-likeness (QED) is 0.0142. The number of nitrogen functional groups attached to an aromatic ring is 1. The van der Waals surface area contributed by atoms with Gasteiger partial charge in [0.05, 0.1) is 43.5 Å². The summed E-state index contributed by atoms with van der Waals surface area (Å²) in [5.74, 6) is -3.14. The first kappa shape index (κ1) is 60.1. The number of phenolic OH excluding ortho intramolecular Hbond substituents is 2. The average Bonchev–Trinajstić information content (AvgIpc) is 2.32. The molecule has 8 aromatic rings. The number of azo groups is 4. The fourth-order valence-corrected chi connectivity index (χ4v) is 11.7. The van der Waals surface area contributed by atoms with Crippen LogP contribution in [0.3, 0.4) is 0 Å². The minimum atomic E-state index is -5.69. The van der Waals surface area contributed by atoms with Gasteiger partial charge in [-0.25, -0.2) is 0 Å². The summed E-state index contributed by atoms with van der Waals surface area (Å²) in [5.41, 5.74) is -1.48. The van der Waals surface area contributed by atoms with E-state index in [-0.39, 0.29) is 5.69 Å². The van der Waals surface area contributed by atoms with E-state index in [1.807, 2.05) is 0 Å². The van der Waals surface area contributed by atoms with Gasteiger partial charge in [0.1, 0.15) is 58.6 Å². The summed E-state index contributed by atoms with van der Waals surface area (Å²) in [6.45, 7) is 0. The topological polar surface area (TPSA) is 573 Å². The number of halogens is 1. The van der Waals surface area contributed by atoms with E-state index >= 15 is 0 Å². The number of aromatic nitrogens is 2. The van der Waals surface area contributed by atoms with Gasteiger partial charge in [0.2, 0.25) is 5.88 Å². The van der Waals surface area contributed by atoms with Crippen LogP contribution >= 0.6 is 11.6 Å². The Hall–Kier alpha value is -8.98. The molecule has 0 aliphatic carbocycles. The molecule has 0 amide bonds. The number of phenols is 2. The third-order valence-electron chi connectivity index (χ3n) is 11.1. The lowest BCUT2D eigenvalue weighted by Crippen LogP contribution is -2.03. The first-order chi connectivity index (χ1) is 38.4. The van der Waals surface area contributed by atoms with Gasteiger partial charge in [-0.2, -0.15) is 65.4 Å². The molecule has 0 saturated carbocycles. The smallest absolute Gasteiger partial charge is 0.297 e. The minimum absolute atomic E-state index is 0.0360. The third-order valence-corrected chi connectivity index (χ3v) is 16.7. The van der Waals surface area contributed by atoms with Crippen LogP contribution in [0.25, 0.3) is 27.2 Å². The van der Waals surface area contributed by atoms with Crippen LogP contribution in [0, 0.1) is 10.1 Å². The van der Waals surface area contributed by atoms with Crippen LogP contribution in [0.4, 0.5) is 56.9 Å². The minimum Gasteiger partial charge on any atom is -0.505 e. The maximum atomic E-state index is 13.1. The van der Waals surface area contributed by atoms with Gasteiger partial charge in [-0.05, 0) is 72.8 Å². The van der Waals surface area contributed by atoms with Gasteiger partial charge in [0.25, 0.3) is 66.4 Å². The van der Waals surface area contributed by atoms with E-state index in [1.54, 1.807) is 0 Å². The Morgan fingerprint density at radius 2 is 1.02 bits per heavy atom. The Morgan fingerprint density at radius 1 is 0.494 bits per heavy atom. The molecule has 0 unspecified atom stereocenters. The number of nitrogens with zero attached hydrogens (tertiary/aromatic N) is 11. The number of fused-ring (bicyclic) bond motifs is 2. The van der Waals surface area contributed by atoms with Crippen molar-refractivity contribution in [3.05, 3.63) is 112 Å². The van der Waals surface area contributed by atoms with Crippen LogP contribution in [-0.4, -0.2) is 108 Å². The third kappa shape index (κ3) is 12.3. The molecule has 11 N–H and O–H groups in total. The second-order valence-electron chi connectivity index (χ2n) is 16.3. The molecule has 0 aliphatic rings. The fourth-order valence-electron chi connectivity index (χ4n) is 7.46. The zero-order valence-electron chi connectivity index (χ0n) is 39.8. The fraction of sp³-hybridized carbons (Fsp3) is 0. The Balaban J connectivity index is 1.19. The second-order valence-corrected chi connectivity index (χ2v) is 25.1. The Bertz CT molecular complexity index is 5010. The highest BCUT2D eigenvalue weighted by molar-refractivity contribution is 7.87. The van der Waals surface area contributed by atoms with E-state index in [9.17, 15) is 103 Å². The van der Waals surface area contributed by atoms with Crippen molar-refractivity contribution in [3.63, 3.8) is 0 Å². The SMILES string of the molecule is Nc1c(/N=N/c2ccc3c(O)c(/N=N/c4cc(Cl)c(/N=N/c5cnn(-c6ccc(S(=O)(=O)O)cc6)c5O)c(S(=O)(=O)O)c4)c(S(=O)(=O)O)cc3c2S(=O)(=O)O)cc(S(=O)(=O)O)c2ccc(/N=N/c3ccc([N+](=O)[O-])cc3S(=O)(=O)O)c(O)c12. The van der Waals surface area contributed by atoms with Gasteiger partial charge in [0.15, 0.2) is 17.2 Å². The van der Waals surface area contributed by atoms with Gasteiger partial charge in [-0.3, -0.25) is 37.4 Å². The normalized spacial score (nSPS) is 13.2. The van der Waals surface area contributed by atoms with E-state index in [0.29, 0.717) is 30.3 Å². The van der Waals surface area contributed by atoms with Gasteiger partial charge in [-0.1, -0.05) is 17.7 Å². The van der Waals surface area contributed by atoms with Crippen LogP contribution in [0.2, 0.25) is 5.02 Å². The summed E-state index contributed by atoms with van der Waals surface area (Å²) < 4.78 is 210. The second kappa shape index (κ2) is 21.4. The highest BCUT2D eigenvalue weighted by atomic mass is 35.5. The molecule has 83 heavy (non-hydrogen) atoms. The van der Waals surface area contributed by atoms with E-state index < -0.39 is 196 Å². The van der Waals surface area contributed by atoms with E-state index in [0.717, 1.165) is 71.5 Å². The zero-order valence-corrected chi connectivity index (χ0v) is 45.5. The van der Waals surface area contributed by atoms with Gasteiger partial charge >= 0.3 is 0 Å². The van der Waals surface area contributed by atoms with Crippen molar-refractivity contribution in [1.82, 2.24) is 9.78 Å². The highest BCUT2D eigenvalue weighted by Crippen LogP contribution is 2.49. The van der Waals surface area contributed by atoms with E-state index in [1.165, 1.54) is 0 Å². The average molecular weight is 1280 g/mol. The molecular weight excluding hydrogens is 1260 g/mol. The molecule has 0 bridgehead atoms. The first-order valence-electron chi connectivity index (χ1n) is 21.3. The molecule has 7 aromatic carbocycles. The summed E-state index contributed by atoms with van der Waals surface area (Å²) in [7, 11) is -31.8. The number of aromatic hydroxyl groups is 3. The van der Waals surface area contributed by atoms with Gasteiger partial charge < -0.3 is 21.1 Å². The maximum absolute atomic E-state index is 13.1. The van der Waals surface area contributed by atoms with Gasteiger partial charge in [0, 0.05) is 28.3 Å². The maximum Gasteiger partial charge on any atom is 0.297 e. The molecule has 35 nitrogen and oxygen atoms in total. The zero-order chi connectivity index (χ0) is 61.3. The Kier molecular flexibility index (Phi) is 15.5. The number of nitro groups is 1. The molecule has 0 spiro atoms. The Labute approximate surface area is 467 Å². The lowest BCUT2D eigenvalue weighted by atomic mass is 10.1. The molecule has 42 heteroatoms. The van der Waals surface area contributed by atoms with Crippen molar-refractivity contribution in [2.45, 2.75) is 29.4 Å². The first-order valence-corrected chi connectivity index (χ1v) is 30.3. The van der Waals surface area contributed by atoms with E-state index in [4.69, 9.17) is 17.3 Å². The lowest BCUT2D eigenvalue weighted by molar-refractivity contribution is -0.385. The lowest BCUT2D eigenvalue weighted by Gasteiger charge is -2.13. The van der Waals surface area contributed by atoms with Crippen LogP contribution in [0.15, 0.2) is 167 Å². The molecule has 432 valence electrons. The molecule has 8 rings (SSSR count). The van der Waals surface area contributed by atoms with Crippen LogP contribution < -0.4 is 5.73 Å². The van der Waals surface area contributed by atoms with Crippen LogP contribution in [0.1, 0.15) is 0 Å². The molecule has 0 fully saturated rings. The largest absolute Gasteiger partial charge is 0.505 e. The number of non-ortho nitro benzene ring substituents is 1. The molecule has 0 aliphatic heterocycles. The number of nitrogens with two attached hydrogens (primary N) is 1. The summed E-state index contributed by atoms with van der Waals surface area (Å²) >= 11 is 6.30. The van der Waals surface area contributed by atoms with E-state index in [2.05, 4.69) is 46.0 Å². The summed E-state index contributed by atoms with van der Waals surface area (Å²) in [6, 6.07) is 11.7. The van der Waals surface area contributed by atoms with Crippen molar-refractivity contribution in [1.29, 1.82) is 0 Å². The molecule has 0 saturated heterocycles. The number of rotatable bonds is 16. The monoisotopic (exact) mass is 1280 g/mol. The number of nitro benzene ring substituents is 1. The molecular formula is C41H27ClN12O23S6. The van der Waals surface area contributed by atoms with Gasteiger partial charge in [-0.15, -0.1) is 35.8 Å². The molecule has 0 atom stereocenters. The molecule has 0 radical (unpaired) electrons. The predicted octanol–water partition coefficient (Wildman–Crippen LogP) is 8.58. The van der Waals surface area contributed by atoms with Crippen molar-refractivity contribution in [2.24, 2.45) is 40.9 Å². The van der Waals surface area contributed by atoms with Crippen molar-refractivity contribution in [3.8, 4) is 23.1 Å². The number of benzene rings is 7. The molecule has 1 heterocycles. The highest BCUT2D eigenvalue weighted by Gasteiger charge is 2.30. The molecule has 1 aromatic heterocycles. The van der Waals surface area contributed by atoms with Crippen molar-refractivity contribution in [2.75, 3.05) is 5.73 Å². The number of anilines is 1. The number of hydrogen-bond donors (Lipinski definition) is 10. The van der Waals surface area contributed by atoms with Crippen molar-refractivity contribution < 1.29 is 98.1 Å². The van der Waals surface area contributed by atoms with Crippen molar-refractivity contribution >= 4 is 151 Å². The predicted molar refractivity (Wildman–Crippen MR) is 281 cm³/mol.